The van der Waals surface area contributed by atoms with E-state index in [-0.39, 0.29) is 11.2 Å². The van der Waals surface area contributed by atoms with Gasteiger partial charge in [0.15, 0.2) is 0 Å². The molecule has 6 nitrogen and oxygen atoms in total. The number of fused-ring (bicyclic) bond motifs is 1. The molecule has 1 amide bonds. The summed E-state index contributed by atoms with van der Waals surface area (Å²) in [5.74, 6) is -0.0550. The lowest BCUT2D eigenvalue weighted by Crippen LogP contribution is -2.23. The van der Waals surface area contributed by atoms with Gasteiger partial charge < -0.3 is 5.32 Å². The summed E-state index contributed by atoms with van der Waals surface area (Å²) < 4.78 is 1.77. The molecular formula is C17H21N5OS2. The first-order valence-electron chi connectivity index (χ1n) is 7.98. The van der Waals surface area contributed by atoms with Crippen LogP contribution in [0.25, 0.3) is 10.2 Å². The number of nitrogens with zero attached hydrogens (tertiary/aromatic N) is 4. The summed E-state index contributed by atoms with van der Waals surface area (Å²) in [6, 6.07) is 0. The molecule has 3 heterocycles. The minimum Gasteiger partial charge on any atom is -0.322 e. The zero-order valence-corrected chi connectivity index (χ0v) is 16.8. The third-order valence-corrected chi connectivity index (χ3v) is 6.56. The number of aromatic nitrogens is 4. The maximum Gasteiger partial charge on any atom is 0.237 e. The van der Waals surface area contributed by atoms with Gasteiger partial charge in [0.05, 0.1) is 22.3 Å². The zero-order chi connectivity index (χ0) is 18.3. The van der Waals surface area contributed by atoms with Crippen LogP contribution in [-0.2, 0) is 11.8 Å². The van der Waals surface area contributed by atoms with E-state index in [4.69, 9.17) is 0 Å². The summed E-state index contributed by atoms with van der Waals surface area (Å²) in [5.41, 5.74) is 3.74. The van der Waals surface area contributed by atoms with Gasteiger partial charge in [0.1, 0.15) is 16.2 Å². The number of anilines is 1. The molecule has 132 valence electrons. The molecule has 1 atom stereocenters. The molecule has 3 rings (SSSR count). The number of thiophene rings is 1. The largest absolute Gasteiger partial charge is 0.322 e. The SMILES string of the molecule is Cc1nn(C)c(C)c1NC(=O)[C@H](C)Sc1ncnc2sc(C)c(C)c12. The van der Waals surface area contributed by atoms with Gasteiger partial charge in [-0.1, -0.05) is 11.8 Å². The van der Waals surface area contributed by atoms with Crippen molar-refractivity contribution in [3.63, 3.8) is 0 Å². The van der Waals surface area contributed by atoms with Crippen molar-refractivity contribution >= 4 is 44.9 Å². The van der Waals surface area contributed by atoms with Crippen LogP contribution in [-0.4, -0.2) is 30.9 Å². The van der Waals surface area contributed by atoms with Crippen molar-refractivity contribution in [2.75, 3.05) is 5.32 Å². The maximum atomic E-state index is 12.6. The van der Waals surface area contributed by atoms with Gasteiger partial charge in [0, 0.05) is 17.3 Å². The fourth-order valence-corrected chi connectivity index (χ4v) is 4.68. The summed E-state index contributed by atoms with van der Waals surface area (Å²) in [4.78, 5) is 23.6. The first-order valence-corrected chi connectivity index (χ1v) is 9.67. The van der Waals surface area contributed by atoms with Crippen LogP contribution in [0, 0.1) is 27.7 Å². The second-order valence-electron chi connectivity index (χ2n) is 6.06. The van der Waals surface area contributed by atoms with Gasteiger partial charge in [0.25, 0.3) is 0 Å². The Morgan fingerprint density at radius 2 is 2.00 bits per heavy atom. The number of thioether (sulfide) groups is 1. The van der Waals surface area contributed by atoms with Gasteiger partial charge in [0.2, 0.25) is 5.91 Å². The van der Waals surface area contributed by atoms with Crippen molar-refractivity contribution in [3.8, 4) is 0 Å². The molecule has 0 unspecified atom stereocenters. The molecular weight excluding hydrogens is 354 g/mol. The Morgan fingerprint density at radius 1 is 1.28 bits per heavy atom. The highest BCUT2D eigenvalue weighted by Gasteiger charge is 2.21. The van der Waals surface area contributed by atoms with Crippen LogP contribution in [0.15, 0.2) is 11.4 Å². The number of nitrogens with one attached hydrogen (secondary N) is 1. The zero-order valence-electron chi connectivity index (χ0n) is 15.2. The van der Waals surface area contributed by atoms with E-state index < -0.39 is 0 Å². The molecule has 3 aromatic heterocycles. The number of hydrogen-bond acceptors (Lipinski definition) is 6. The standard InChI is InChI=1S/C17H21N5OS2/c1-8-11(4)24-16-13(8)17(19-7-18-16)25-12(5)15(23)20-14-9(2)21-22(6)10(14)3/h7,12H,1-6H3,(H,20,23)/t12-/m0/s1. The average molecular weight is 376 g/mol. The van der Waals surface area contributed by atoms with Crippen molar-refractivity contribution in [1.29, 1.82) is 0 Å². The van der Waals surface area contributed by atoms with E-state index in [2.05, 4.69) is 34.2 Å². The number of carbonyl (C=O) groups is 1. The van der Waals surface area contributed by atoms with E-state index in [1.807, 2.05) is 27.8 Å². The van der Waals surface area contributed by atoms with E-state index in [1.54, 1.807) is 22.3 Å². The molecule has 0 bridgehead atoms. The highest BCUT2D eigenvalue weighted by atomic mass is 32.2. The van der Waals surface area contributed by atoms with Crippen molar-refractivity contribution in [1.82, 2.24) is 19.7 Å². The molecule has 8 heteroatoms. The summed E-state index contributed by atoms with van der Waals surface area (Å²) >= 11 is 3.12. The van der Waals surface area contributed by atoms with Crippen LogP contribution in [0.3, 0.4) is 0 Å². The number of rotatable bonds is 4. The molecule has 0 radical (unpaired) electrons. The first kappa shape index (κ1) is 17.9. The smallest absolute Gasteiger partial charge is 0.237 e. The van der Waals surface area contributed by atoms with Gasteiger partial charge in [-0.3, -0.25) is 9.48 Å². The lowest BCUT2D eigenvalue weighted by molar-refractivity contribution is -0.115. The fraction of sp³-hybridized carbons (Fsp3) is 0.412. The number of carbonyl (C=O) groups excluding carboxylic acids is 1. The summed E-state index contributed by atoms with van der Waals surface area (Å²) in [6.45, 7) is 9.89. The third kappa shape index (κ3) is 3.28. The van der Waals surface area contributed by atoms with Crippen molar-refractivity contribution in [2.24, 2.45) is 7.05 Å². The predicted octanol–water partition coefficient (Wildman–Crippen LogP) is 3.78. The topological polar surface area (TPSA) is 72.7 Å². The molecule has 0 aliphatic carbocycles. The van der Waals surface area contributed by atoms with Crippen molar-refractivity contribution in [3.05, 3.63) is 28.2 Å². The number of hydrogen-bond donors (Lipinski definition) is 1. The highest BCUT2D eigenvalue weighted by molar-refractivity contribution is 8.00. The molecule has 0 saturated heterocycles. The van der Waals surface area contributed by atoms with Gasteiger partial charge in [-0.05, 0) is 40.2 Å². The molecule has 25 heavy (non-hydrogen) atoms. The molecule has 0 aliphatic rings. The fourth-order valence-electron chi connectivity index (χ4n) is 2.64. The van der Waals surface area contributed by atoms with Gasteiger partial charge in [-0.2, -0.15) is 5.10 Å². The summed E-state index contributed by atoms with van der Waals surface area (Å²) in [6.07, 6.45) is 1.57. The van der Waals surface area contributed by atoms with E-state index in [0.717, 1.165) is 32.3 Å². The van der Waals surface area contributed by atoms with E-state index in [1.165, 1.54) is 22.2 Å². The Balaban J connectivity index is 1.83. The van der Waals surface area contributed by atoms with Crippen LogP contribution in [0.1, 0.15) is 28.8 Å². The normalized spacial score (nSPS) is 12.6. The second kappa shape index (κ2) is 6.76. The lowest BCUT2D eigenvalue weighted by atomic mass is 10.2. The molecule has 0 fully saturated rings. The monoisotopic (exact) mass is 375 g/mol. The average Bonchev–Trinajstić information content (AvgIpc) is 2.98. The number of aryl methyl sites for hydroxylation is 4. The Bertz CT molecular complexity index is 960. The van der Waals surface area contributed by atoms with Gasteiger partial charge >= 0.3 is 0 Å². The Kier molecular flexibility index (Phi) is 4.83. The van der Waals surface area contributed by atoms with Crippen molar-refractivity contribution < 1.29 is 4.79 Å². The minimum absolute atomic E-state index is 0.0550. The minimum atomic E-state index is -0.281. The molecule has 3 aromatic rings. The molecule has 0 aromatic carbocycles. The first-order chi connectivity index (χ1) is 11.8. The predicted molar refractivity (Wildman–Crippen MR) is 104 cm³/mol. The number of amides is 1. The Morgan fingerprint density at radius 3 is 2.64 bits per heavy atom. The molecule has 0 aliphatic heterocycles. The third-order valence-electron chi connectivity index (χ3n) is 4.35. The van der Waals surface area contributed by atoms with Crippen LogP contribution < -0.4 is 5.32 Å². The van der Waals surface area contributed by atoms with Crippen LogP contribution >= 0.6 is 23.1 Å². The van der Waals surface area contributed by atoms with E-state index >= 15 is 0 Å². The van der Waals surface area contributed by atoms with Crippen LogP contribution in [0.5, 0.6) is 0 Å². The van der Waals surface area contributed by atoms with Crippen LogP contribution in [0.2, 0.25) is 0 Å². The van der Waals surface area contributed by atoms with Gasteiger partial charge in [-0.25, -0.2) is 9.97 Å². The highest BCUT2D eigenvalue weighted by Crippen LogP contribution is 2.36. The summed E-state index contributed by atoms with van der Waals surface area (Å²) in [5, 5.41) is 8.98. The molecule has 0 saturated carbocycles. The van der Waals surface area contributed by atoms with Crippen LogP contribution in [0.4, 0.5) is 5.69 Å². The second-order valence-corrected chi connectivity index (χ2v) is 8.59. The Labute approximate surface area is 155 Å². The molecule has 1 N–H and O–H groups in total. The Hall–Kier alpha value is -1.93. The lowest BCUT2D eigenvalue weighted by Gasteiger charge is -2.12. The van der Waals surface area contributed by atoms with Crippen molar-refractivity contribution in [2.45, 2.75) is 44.9 Å². The summed E-state index contributed by atoms with van der Waals surface area (Å²) in [7, 11) is 1.87. The maximum absolute atomic E-state index is 12.6. The molecule has 0 spiro atoms. The quantitative estimate of drug-likeness (QED) is 0.555. The van der Waals surface area contributed by atoms with E-state index in [0.29, 0.717) is 0 Å². The van der Waals surface area contributed by atoms with E-state index in [9.17, 15) is 4.79 Å². The van der Waals surface area contributed by atoms with Gasteiger partial charge in [-0.15, -0.1) is 11.3 Å².